The number of hydrogen-bond acceptors (Lipinski definition) is 3. The van der Waals surface area contributed by atoms with Crippen LogP contribution in [-0.4, -0.2) is 16.0 Å². The van der Waals surface area contributed by atoms with Crippen LogP contribution >= 0.6 is 11.6 Å². The second-order valence-corrected chi connectivity index (χ2v) is 4.45. The Bertz CT molecular complexity index is 375. The van der Waals surface area contributed by atoms with Crippen molar-refractivity contribution in [2.24, 2.45) is 5.92 Å². The SMILES string of the molecule is CC(C)CC(C)Nc1nc[nH]c(=O)c1Cl. The highest BCUT2D eigenvalue weighted by Gasteiger charge is 2.10. The Balaban J connectivity index is 2.72. The minimum absolute atomic E-state index is 0.119. The summed E-state index contributed by atoms with van der Waals surface area (Å²) in [5, 5.41) is 3.24. The van der Waals surface area contributed by atoms with Crippen LogP contribution in [0.25, 0.3) is 0 Å². The van der Waals surface area contributed by atoms with Crippen molar-refractivity contribution in [3.8, 4) is 0 Å². The predicted molar refractivity (Wildman–Crippen MR) is 62.4 cm³/mol. The standard InChI is InChI=1S/C10H16ClN3O/c1-6(2)4-7(3)14-9-8(11)10(15)13-5-12-9/h5-7H,4H2,1-3H3,(H2,12,13,14,15). The summed E-state index contributed by atoms with van der Waals surface area (Å²) < 4.78 is 0. The Labute approximate surface area is 94.1 Å². The largest absolute Gasteiger partial charge is 0.366 e. The molecule has 1 rings (SSSR count). The third-order valence-corrected chi connectivity index (χ3v) is 2.36. The number of H-pyrrole nitrogens is 1. The minimum Gasteiger partial charge on any atom is -0.366 e. The van der Waals surface area contributed by atoms with Crippen molar-refractivity contribution in [2.75, 3.05) is 5.32 Å². The third kappa shape index (κ3) is 3.55. The fourth-order valence-electron chi connectivity index (χ4n) is 1.48. The van der Waals surface area contributed by atoms with E-state index in [0.717, 1.165) is 6.42 Å². The molecule has 0 radical (unpaired) electrons. The topological polar surface area (TPSA) is 57.8 Å². The van der Waals surface area contributed by atoms with Crippen LogP contribution in [0, 0.1) is 5.92 Å². The smallest absolute Gasteiger partial charge is 0.271 e. The zero-order valence-corrected chi connectivity index (χ0v) is 9.93. The molecule has 0 aliphatic carbocycles. The molecular weight excluding hydrogens is 214 g/mol. The molecule has 0 spiro atoms. The van der Waals surface area contributed by atoms with E-state index >= 15 is 0 Å². The normalized spacial score (nSPS) is 12.9. The maximum Gasteiger partial charge on any atom is 0.271 e. The lowest BCUT2D eigenvalue weighted by atomic mass is 10.1. The van der Waals surface area contributed by atoms with E-state index in [1.165, 1.54) is 6.33 Å². The van der Waals surface area contributed by atoms with Crippen LogP contribution < -0.4 is 10.9 Å². The fraction of sp³-hybridized carbons (Fsp3) is 0.600. The summed E-state index contributed by atoms with van der Waals surface area (Å²) in [4.78, 5) is 17.6. The summed E-state index contributed by atoms with van der Waals surface area (Å²) >= 11 is 5.81. The molecule has 4 nitrogen and oxygen atoms in total. The lowest BCUT2D eigenvalue weighted by Crippen LogP contribution is -2.20. The summed E-state index contributed by atoms with van der Waals surface area (Å²) in [6, 6.07) is 0.247. The Morgan fingerprint density at radius 1 is 1.53 bits per heavy atom. The molecule has 0 fully saturated rings. The quantitative estimate of drug-likeness (QED) is 0.833. The average Bonchev–Trinajstić information content (AvgIpc) is 2.11. The van der Waals surface area contributed by atoms with Crippen molar-refractivity contribution in [1.82, 2.24) is 9.97 Å². The Morgan fingerprint density at radius 2 is 2.20 bits per heavy atom. The molecule has 84 valence electrons. The number of anilines is 1. The van der Waals surface area contributed by atoms with E-state index in [9.17, 15) is 4.79 Å². The van der Waals surface area contributed by atoms with Gasteiger partial charge in [0.1, 0.15) is 5.02 Å². The first-order valence-electron chi connectivity index (χ1n) is 5.00. The van der Waals surface area contributed by atoms with Gasteiger partial charge in [0.15, 0.2) is 5.82 Å². The molecule has 0 aliphatic rings. The average molecular weight is 230 g/mol. The minimum atomic E-state index is -0.314. The molecule has 1 unspecified atom stereocenters. The lowest BCUT2D eigenvalue weighted by molar-refractivity contribution is 0.538. The van der Waals surface area contributed by atoms with E-state index in [4.69, 9.17) is 11.6 Å². The summed E-state index contributed by atoms with van der Waals surface area (Å²) in [6.07, 6.45) is 2.35. The summed E-state index contributed by atoms with van der Waals surface area (Å²) in [6.45, 7) is 6.33. The van der Waals surface area contributed by atoms with Crippen molar-refractivity contribution in [1.29, 1.82) is 0 Å². The molecule has 1 aromatic heterocycles. The molecule has 1 heterocycles. The Kier molecular flexibility index (Phi) is 4.15. The van der Waals surface area contributed by atoms with Crippen molar-refractivity contribution >= 4 is 17.4 Å². The molecule has 0 bridgehead atoms. The van der Waals surface area contributed by atoms with Crippen LogP contribution in [0.15, 0.2) is 11.1 Å². The van der Waals surface area contributed by atoms with Gasteiger partial charge < -0.3 is 10.3 Å². The number of nitrogens with zero attached hydrogens (tertiary/aromatic N) is 1. The van der Waals surface area contributed by atoms with Gasteiger partial charge in [0.25, 0.3) is 5.56 Å². The van der Waals surface area contributed by atoms with Gasteiger partial charge >= 0.3 is 0 Å². The zero-order chi connectivity index (χ0) is 11.4. The van der Waals surface area contributed by atoms with Crippen LogP contribution in [0.2, 0.25) is 5.02 Å². The molecule has 0 amide bonds. The lowest BCUT2D eigenvalue weighted by Gasteiger charge is -2.16. The highest BCUT2D eigenvalue weighted by molar-refractivity contribution is 6.32. The van der Waals surface area contributed by atoms with E-state index in [0.29, 0.717) is 11.7 Å². The number of rotatable bonds is 4. The van der Waals surface area contributed by atoms with Crippen molar-refractivity contribution < 1.29 is 0 Å². The monoisotopic (exact) mass is 229 g/mol. The van der Waals surface area contributed by atoms with Crippen molar-refractivity contribution in [3.05, 3.63) is 21.7 Å². The fourth-order valence-corrected chi connectivity index (χ4v) is 1.64. The van der Waals surface area contributed by atoms with Crippen LogP contribution in [0.4, 0.5) is 5.82 Å². The number of halogens is 1. The first-order valence-corrected chi connectivity index (χ1v) is 5.38. The second-order valence-electron chi connectivity index (χ2n) is 4.07. The number of aromatic amines is 1. The molecule has 0 saturated carbocycles. The van der Waals surface area contributed by atoms with Gasteiger partial charge in [0.05, 0.1) is 6.33 Å². The van der Waals surface area contributed by atoms with Gasteiger partial charge in [-0.3, -0.25) is 4.79 Å². The van der Waals surface area contributed by atoms with Crippen LogP contribution in [-0.2, 0) is 0 Å². The van der Waals surface area contributed by atoms with Crippen molar-refractivity contribution in [2.45, 2.75) is 33.2 Å². The second kappa shape index (κ2) is 5.16. The van der Waals surface area contributed by atoms with Crippen LogP contribution in [0.3, 0.4) is 0 Å². The molecule has 1 aromatic rings. The van der Waals surface area contributed by atoms with E-state index in [1.807, 2.05) is 6.92 Å². The number of aromatic nitrogens is 2. The molecular formula is C10H16ClN3O. The third-order valence-electron chi connectivity index (χ3n) is 2.00. The van der Waals surface area contributed by atoms with Gasteiger partial charge in [-0.25, -0.2) is 4.98 Å². The van der Waals surface area contributed by atoms with Gasteiger partial charge in [-0.1, -0.05) is 25.4 Å². The molecule has 0 saturated heterocycles. The zero-order valence-electron chi connectivity index (χ0n) is 9.17. The highest BCUT2D eigenvalue weighted by Crippen LogP contribution is 2.15. The molecule has 5 heteroatoms. The summed E-state index contributed by atoms with van der Waals surface area (Å²) in [7, 11) is 0. The van der Waals surface area contributed by atoms with E-state index in [1.54, 1.807) is 0 Å². The van der Waals surface area contributed by atoms with Crippen LogP contribution in [0.5, 0.6) is 0 Å². The molecule has 0 aromatic carbocycles. The van der Waals surface area contributed by atoms with E-state index in [-0.39, 0.29) is 16.6 Å². The van der Waals surface area contributed by atoms with E-state index in [2.05, 4.69) is 29.1 Å². The Morgan fingerprint density at radius 3 is 2.80 bits per heavy atom. The van der Waals surface area contributed by atoms with Gasteiger partial charge in [-0.05, 0) is 19.3 Å². The number of nitrogens with one attached hydrogen (secondary N) is 2. The van der Waals surface area contributed by atoms with Gasteiger partial charge in [-0.15, -0.1) is 0 Å². The van der Waals surface area contributed by atoms with Crippen LogP contribution in [0.1, 0.15) is 27.2 Å². The summed E-state index contributed by atoms with van der Waals surface area (Å²) in [5.41, 5.74) is -0.314. The van der Waals surface area contributed by atoms with Gasteiger partial charge in [-0.2, -0.15) is 0 Å². The van der Waals surface area contributed by atoms with Gasteiger partial charge in [0, 0.05) is 6.04 Å². The Hall–Kier alpha value is -1.03. The molecule has 15 heavy (non-hydrogen) atoms. The molecule has 0 aliphatic heterocycles. The molecule has 1 atom stereocenters. The van der Waals surface area contributed by atoms with E-state index < -0.39 is 0 Å². The predicted octanol–water partition coefficient (Wildman–Crippen LogP) is 2.27. The first-order chi connectivity index (χ1) is 7.00. The van der Waals surface area contributed by atoms with Gasteiger partial charge in [0.2, 0.25) is 0 Å². The maximum atomic E-state index is 11.2. The number of hydrogen-bond donors (Lipinski definition) is 2. The highest BCUT2D eigenvalue weighted by atomic mass is 35.5. The van der Waals surface area contributed by atoms with Crippen molar-refractivity contribution in [3.63, 3.8) is 0 Å². The summed E-state index contributed by atoms with van der Waals surface area (Å²) in [5.74, 6) is 1.04. The molecule has 2 N–H and O–H groups in total. The first kappa shape index (κ1) is 12.0. The maximum absolute atomic E-state index is 11.2.